The standard InChI is InChI=1S/C44H36N2O4S4/c1-47-33-13-5-29(6-14-33)45(30-7-15-34(48-2)16-8-30)43-27-25-41(53-43)39-23-21-37(51-39)38-22-24-40(52-38)42-26-28-44(54-42)46(31-9-17-35(49-3)18-10-31)32-11-19-36(50-4)20-12-32/h5-28H,1-4H3. The molecule has 0 saturated carbocycles. The lowest BCUT2D eigenvalue weighted by Gasteiger charge is -2.24. The first-order valence-corrected chi connectivity index (χ1v) is 20.4. The summed E-state index contributed by atoms with van der Waals surface area (Å²) in [6.45, 7) is 0. The summed E-state index contributed by atoms with van der Waals surface area (Å²) in [6.07, 6.45) is 0. The van der Waals surface area contributed by atoms with Crippen molar-refractivity contribution in [1.29, 1.82) is 0 Å². The van der Waals surface area contributed by atoms with Gasteiger partial charge >= 0.3 is 0 Å². The minimum atomic E-state index is 0.826. The minimum absolute atomic E-state index is 0.826. The molecule has 4 heterocycles. The van der Waals surface area contributed by atoms with Gasteiger partial charge in [0.2, 0.25) is 0 Å². The fraction of sp³-hybridized carbons (Fsp3) is 0.0909. The predicted octanol–water partition coefficient (Wildman–Crippen LogP) is 13.9. The Kier molecular flexibility index (Phi) is 10.4. The fourth-order valence-corrected chi connectivity index (χ4v) is 10.5. The van der Waals surface area contributed by atoms with Crippen molar-refractivity contribution in [3.8, 4) is 52.3 Å². The number of hydrogen-bond acceptors (Lipinski definition) is 10. The van der Waals surface area contributed by atoms with E-state index in [1.54, 1.807) is 51.1 Å². The normalized spacial score (nSPS) is 11.0. The van der Waals surface area contributed by atoms with Crippen molar-refractivity contribution < 1.29 is 18.9 Å². The Balaban J connectivity index is 1.05. The highest BCUT2D eigenvalue weighted by Crippen LogP contribution is 2.48. The first kappa shape index (κ1) is 35.5. The SMILES string of the molecule is COc1ccc(N(c2ccc(OC)cc2)c2ccc(-c3ccc(-c4ccc(-c5ccc(N(c6ccc(OC)cc6)c6ccc(OC)cc6)s5)s4)s3)s2)cc1. The number of benzene rings is 4. The van der Waals surface area contributed by atoms with Gasteiger partial charge in [-0.05, 0) is 146 Å². The molecule has 0 spiro atoms. The minimum Gasteiger partial charge on any atom is -0.497 e. The van der Waals surface area contributed by atoms with Crippen LogP contribution in [-0.2, 0) is 0 Å². The molecule has 0 atom stereocenters. The number of rotatable bonds is 13. The third-order valence-electron chi connectivity index (χ3n) is 8.89. The van der Waals surface area contributed by atoms with Gasteiger partial charge in [-0.25, -0.2) is 0 Å². The Morgan fingerprint density at radius 3 is 0.741 bits per heavy atom. The summed E-state index contributed by atoms with van der Waals surface area (Å²) >= 11 is 7.22. The van der Waals surface area contributed by atoms with Gasteiger partial charge in [-0.15, -0.1) is 45.3 Å². The molecular formula is C44H36N2O4S4. The van der Waals surface area contributed by atoms with E-state index in [1.807, 2.05) is 71.2 Å². The monoisotopic (exact) mass is 784 g/mol. The molecule has 0 aliphatic carbocycles. The topological polar surface area (TPSA) is 43.4 Å². The van der Waals surface area contributed by atoms with Crippen molar-refractivity contribution in [3.05, 3.63) is 146 Å². The van der Waals surface area contributed by atoms with E-state index >= 15 is 0 Å². The smallest absolute Gasteiger partial charge is 0.119 e. The Morgan fingerprint density at radius 2 is 0.500 bits per heavy atom. The van der Waals surface area contributed by atoms with E-state index in [2.05, 4.69) is 107 Å². The van der Waals surface area contributed by atoms with Crippen molar-refractivity contribution in [3.63, 3.8) is 0 Å². The van der Waals surface area contributed by atoms with Crippen molar-refractivity contribution in [2.45, 2.75) is 0 Å². The van der Waals surface area contributed by atoms with Gasteiger partial charge in [0.05, 0.1) is 28.4 Å². The van der Waals surface area contributed by atoms with Gasteiger partial charge in [0.1, 0.15) is 33.0 Å². The van der Waals surface area contributed by atoms with Gasteiger partial charge in [-0.1, -0.05) is 0 Å². The maximum atomic E-state index is 5.44. The van der Waals surface area contributed by atoms with Crippen molar-refractivity contribution in [1.82, 2.24) is 0 Å². The van der Waals surface area contributed by atoms with E-state index in [0.717, 1.165) is 55.7 Å². The Morgan fingerprint density at radius 1 is 0.278 bits per heavy atom. The lowest BCUT2D eigenvalue weighted by atomic mass is 10.2. The molecule has 0 aliphatic heterocycles. The van der Waals surface area contributed by atoms with Crippen LogP contribution in [0.2, 0.25) is 0 Å². The van der Waals surface area contributed by atoms with Gasteiger partial charge in [-0.3, -0.25) is 0 Å². The summed E-state index contributed by atoms with van der Waals surface area (Å²) in [7, 11) is 6.76. The number of hydrogen-bond donors (Lipinski definition) is 0. The zero-order chi connectivity index (χ0) is 37.0. The summed E-state index contributed by atoms with van der Waals surface area (Å²) in [5.41, 5.74) is 4.22. The molecule has 4 aromatic heterocycles. The molecule has 8 rings (SSSR count). The van der Waals surface area contributed by atoms with Crippen LogP contribution in [0.3, 0.4) is 0 Å². The quantitative estimate of drug-likeness (QED) is 0.116. The molecule has 0 saturated heterocycles. The second-order valence-corrected chi connectivity index (χ2v) is 16.4. The van der Waals surface area contributed by atoms with Crippen LogP contribution < -0.4 is 28.7 Å². The van der Waals surface area contributed by atoms with Gasteiger partial charge < -0.3 is 28.7 Å². The molecule has 0 bridgehead atoms. The van der Waals surface area contributed by atoms with Crippen molar-refractivity contribution in [2.24, 2.45) is 0 Å². The molecule has 0 fully saturated rings. The zero-order valence-corrected chi connectivity index (χ0v) is 33.3. The third-order valence-corrected chi connectivity index (χ3v) is 13.8. The molecule has 8 aromatic rings. The molecule has 0 amide bonds. The molecule has 10 heteroatoms. The second-order valence-electron chi connectivity index (χ2n) is 12.1. The van der Waals surface area contributed by atoms with Crippen LogP contribution in [0, 0.1) is 0 Å². The molecule has 0 unspecified atom stereocenters. The first-order chi connectivity index (χ1) is 26.5. The fourth-order valence-electron chi connectivity index (χ4n) is 6.10. The lowest BCUT2D eigenvalue weighted by molar-refractivity contribution is 0.414. The second kappa shape index (κ2) is 15.8. The summed E-state index contributed by atoms with van der Waals surface area (Å²) in [5.74, 6) is 3.30. The summed E-state index contributed by atoms with van der Waals surface area (Å²) in [6, 6.07) is 50.5. The van der Waals surface area contributed by atoms with Gasteiger partial charge in [-0.2, -0.15) is 0 Å². The summed E-state index contributed by atoms with van der Waals surface area (Å²) < 4.78 is 21.7. The van der Waals surface area contributed by atoms with Crippen LogP contribution in [0.1, 0.15) is 0 Å². The van der Waals surface area contributed by atoms with E-state index in [9.17, 15) is 0 Å². The number of nitrogens with zero attached hydrogens (tertiary/aromatic N) is 2. The first-order valence-electron chi connectivity index (χ1n) is 17.1. The van der Waals surface area contributed by atoms with Gasteiger partial charge in [0, 0.05) is 52.0 Å². The Labute approximate surface area is 331 Å². The highest BCUT2D eigenvalue weighted by atomic mass is 32.1. The van der Waals surface area contributed by atoms with Crippen molar-refractivity contribution >= 4 is 78.1 Å². The molecular weight excluding hydrogens is 749 g/mol. The van der Waals surface area contributed by atoms with Crippen LogP contribution in [-0.4, -0.2) is 28.4 Å². The molecule has 6 nitrogen and oxygen atoms in total. The molecule has 0 aliphatic rings. The van der Waals surface area contributed by atoms with Crippen LogP contribution in [0.25, 0.3) is 29.3 Å². The maximum absolute atomic E-state index is 5.44. The zero-order valence-electron chi connectivity index (χ0n) is 30.0. The Bertz CT molecular complexity index is 2180. The molecule has 4 aromatic carbocycles. The van der Waals surface area contributed by atoms with E-state index in [0.29, 0.717) is 0 Å². The van der Waals surface area contributed by atoms with Crippen LogP contribution in [0.15, 0.2) is 146 Å². The number of anilines is 6. The van der Waals surface area contributed by atoms with Gasteiger partial charge in [0.25, 0.3) is 0 Å². The van der Waals surface area contributed by atoms with Crippen LogP contribution in [0.4, 0.5) is 32.8 Å². The molecule has 54 heavy (non-hydrogen) atoms. The number of ether oxygens (including phenoxy) is 4. The predicted molar refractivity (Wildman–Crippen MR) is 230 cm³/mol. The average molecular weight is 785 g/mol. The van der Waals surface area contributed by atoms with E-state index < -0.39 is 0 Å². The third kappa shape index (κ3) is 7.34. The van der Waals surface area contributed by atoms with Crippen LogP contribution >= 0.6 is 45.3 Å². The van der Waals surface area contributed by atoms with Gasteiger partial charge in [0.15, 0.2) is 0 Å². The van der Waals surface area contributed by atoms with Crippen molar-refractivity contribution in [2.75, 3.05) is 38.2 Å². The molecule has 0 N–H and O–H groups in total. The average Bonchev–Trinajstić information content (AvgIpc) is 4.07. The summed E-state index contributed by atoms with van der Waals surface area (Å²) in [4.78, 5) is 12.0. The molecule has 270 valence electrons. The maximum Gasteiger partial charge on any atom is 0.119 e. The Hall–Kier alpha value is -5.52. The highest BCUT2D eigenvalue weighted by molar-refractivity contribution is 7.29. The van der Waals surface area contributed by atoms with E-state index in [-0.39, 0.29) is 0 Å². The van der Waals surface area contributed by atoms with E-state index in [1.165, 1.54) is 29.3 Å². The number of methoxy groups -OCH3 is 4. The lowest BCUT2D eigenvalue weighted by Crippen LogP contribution is -2.08. The largest absolute Gasteiger partial charge is 0.497 e. The number of thiophene rings is 4. The van der Waals surface area contributed by atoms with Crippen LogP contribution in [0.5, 0.6) is 23.0 Å². The molecule has 0 radical (unpaired) electrons. The van der Waals surface area contributed by atoms with E-state index in [4.69, 9.17) is 18.9 Å². The highest BCUT2D eigenvalue weighted by Gasteiger charge is 2.19. The summed E-state index contributed by atoms with van der Waals surface area (Å²) in [5, 5.41) is 2.25.